The number of piperidine rings is 3. The molecule has 6 aliphatic rings. The van der Waals surface area contributed by atoms with Crippen LogP contribution in [0.4, 0.5) is 40.1 Å². The predicted molar refractivity (Wildman–Crippen MR) is 546 cm³/mol. The lowest BCUT2D eigenvalue weighted by Gasteiger charge is -2.34. The van der Waals surface area contributed by atoms with Crippen molar-refractivity contribution in [2.45, 2.75) is 157 Å². The van der Waals surface area contributed by atoms with Crippen molar-refractivity contribution in [3.63, 3.8) is 0 Å². The van der Waals surface area contributed by atoms with Gasteiger partial charge in [-0.1, -0.05) is 174 Å². The normalized spacial score (nSPS) is 15.5. The molecule has 0 aliphatic carbocycles. The summed E-state index contributed by atoms with van der Waals surface area (Å²) in [6, 6.07) is 53.0. The van der Waals surface area contributed by atoms with Crippen molar-refractivity contribution in [3.8, 4) is 0 Å². The predicted octanol–water partition coefficient (Wildman–Crippen LogP) is 7.67. The number of nitrogens with zero attached hydrogens (tertiary/aromatic N) is 7. The number of benzene rings is 7. The van der Waals surface area contributed by atoms with Crippen LogP contribution < -0.4 is 75.3 Å². The lowest BCUT2D eigenvalue weighted by Crippen LogP contribution is -2.49. The van der Waals surface area contributed by atoms with Gasteiger partial charge in [0.1, 0.15) is 6.04 Å². The quantitative estimate of drug-likeness (QED) is 0.0152. The summed E-state index contributed by atoms with van der Waals surface area (Å²) >= 11 is 0. The Hall–Kier alpha value is -15.1. The van der Waals surface area contributed by atoms with E-state index in [-0.39, 0.29) is 123 Å². The second kappa shape index (κ2) is 63.0. The number of morpholine rings is 1. The lowest BCUT2D eigenvalue weighted by molar-refractivity contribution is -0.151. The molecule has 0 aromatic heterocycles. The van der Waals surface area contributed by atoms with Gasteiger partial charge in [-0.25, -0.2) is 33.6 Å². The molecule has 6 saturated heterocycles. The number of hydrogen-bond acceptors (Lipinski definition) is 20. The van der Waals surface area contributed by atoms with Gasteiger partial charge in [-0.2, -0.15) is 0 Å². The van der Waals surface area contributed by atoms with Crippen molar-refractivity contribution < 1.29 is 86.1 Å². The summed E-state index contributed by atoms with van der Waals surface area (Å²) in [5.41, 5.74) is 24.2. The Kier molecular flexibility index (Phi) is 50.0. The van der Waals surface area contributed by atoms with E-state index < -0.39 is 24.1 Å². The van der Waals surface area contributed by atoms with E-state index in [1.165, 1.54) is 29.6 Å². The molecule has 39 nitrogen and oxygen atoms in total. The van der Waals surface area contributed by atoms with Crippen LogP contribution in [-0.2, 0) is 103 Å². The van der Waals surface area contributed by atoms with Gasteiger partial charge in [-0.05, 0) is 168 Å². The van der Waals surface area contributed by atoms with Gasteiger partial charge in [-0.3, -0.25) is 38.4 Å². The number of likely N-dealkylation sites (N-methyl/N-ethyl adjacent to an activating group) is 1. The molecule has 13 rings (SSSR count). The molecule has 19 amide bonds. The fourth-order valence-corrected chi connectivity index (χ4v) is 15.8. The Morgan fingerprint density at radius 1 is 0.333 bits per heavy atom. The van der Waals surface area contributed by atoms with Gasteiger partial charge >= 0.3 is 48.1 Å². The number of urea groups is 6. The van der Waals surface area contributed by atoms with Crippen molar-refractivity contribution in [2.24, 2.45) is 11.8 Å². The molecule has 7 aromatic carbocycles. The summed E-state index contributed by atoms with van der Waals surface area (Å²) in [7, 11) is 3.03. The number of hydrogen-bond donors (Lipinski definition) is 14. The Labute approximate surface area is 843 Å². The SMILES string of the molecule is CCOC(=O)C1CCCN(C(=O)CNC(=O)NCc2ccc(C)cc2)C1.COC(=O)[C@@H]1CCCN1C(=O)CNC(=O)NCc1ccc(C)cc1.Cc1ccc(CNC(=O)NCC(=O)N(C)Cc2ccccc2)cc1.Cc1ccc(CNC(=O)NCC(=O)N2CCCC(C(=O)N3CCCC3)C2)cc1.Nc1ccc(CNC(=O)NCC(=O)N2CCCCC2)cc1.Nc1ccc(CNC(=O)NCC(=O)N2CCOCC2)cc1. The molecule has 2 unspecified atom stereocenters. The van der Waals surface area contributed by atoms with Crippen molar-refractivity contribution in [3.05, 3.63) is 237 Å². The Balaban J connectivity index is 0.000000212. The van der Waals surface area contributed by atoms with Crippen molar-refractivity contribution in [2.75, 3.05) is 157 Å². The third-order valence-electron chi connectivity index (χ3n) is 24.3. The van der Waals surface area contributed by atoms with Crippen LogP contribution in [0.1, 0.15) is 139 Å². The van der Waals surface area contributed by atoms with E-state index >= 15 is 0 Å². The number of likely N-dealkylation sites (tertiary alicyclic amines) is 5. The van der Waals surface area contributed by atoms with E-state index in [4.69, 9.17) is 25.7 Å². The molecule has 144 heavy (non-hydrogen) atoms. The largest absolute Gasteiger partial charge is 0.467 e. The van der Waals surface area contributed by atoms with Crippen LogP contribution in [-0.4, -0.2) is 275 Å². The zero-order chi connectivity index (χ0) is 104. The number of nitrogens with two attached hydrogens (primary N) is 2. The molecule has 7 aromatic rings. The van der Waals surface area contributed by atoms with Crippen molar-refractivity contribution in [1.82, 2.24) is 98.1 Å². The minimum absolute atomic E-state index is 0.00638. The monoisotopic (exact) mass is 1990 g/mol. The van der Waals surface area contributed by atoms with Crippen LogP contribution >= 0.6 is 0 Å². The van der Waals surface area contributed by atoms with Crippen LogP contribution in [0.2, 0.25) is 0 Å². The first-order chi connectivity index (χ1) is 69.4. The molecule has 6 heterocycles. The second-order valence-corrected chi connectivity index (χ2v) is 35.7. The topological polar surface area (TPSA) is 503 Å². The number of amides is 19. The number of carbonyl (C=O) groups excluding carboxylic acids is 15. The van der Waals surface area contributed by atoms with Crippen LogP contribution in [0.3, 0.4) is 0 Å². The third-order valence-corrected chi connectivity index (χ3v) is 24.3. The van der Waals surface area contributed by atoms with E-state index in [0.717, 1.165) is 134 Å². The number of nitrogen functional groups attached to an aromatic ring is 2. The van der Waals surface area contributed by atoms with Crippen LogP contribution in [0.25, 0.3) is 0 Å². The first kappa shape index (κ1) is 114. The van der Waals surface area contributed by atoms with Crippen LogP contribution in [0.15, 0.2) is 176 Å². The minimum Gasteiger partial charge on any atom is -0.467 e. The molecule has 778 valence electrons. The van der Waals surface area contributed by atoms with E-state index in [9.17, 15) is 71.9 Å². The third kappa shape index (κ3) is 43.6. The zero-order valence-corrected chi connectivity index (χ0v) is 84.0. The summed E-state index contributed by atoms with van der Waals surface area (Å²) in [4.78, 5) is 191. The van der Waals surface area contributed by atoms with E-state index in [1.807, 2.05) is 189 Å². The molecule has 6 fully saturated rings. The highest BCUT2D eigenvalue weighted by molar-refractivity contribution is 5.90. The van der Waals surface area contributed by atoms with Gasteiger partial charge in [0.05, 0.1) is 78.0 Å². The zero-order valence-electron chi connectivity index (χ0n) is 84.0. The van der Waals surface area contributed by atoms with Crippen molar-refractivity contribution in [1.29, 1.82) is 0 Å². The number of esters is 2. The summed E-state index contributed by atoms with van der Waals surface area (Å²) in [6.07, 6.45) is 9.93. The molecule has 0 spiro atoms. The number of anilines is 2. The summed E-state index contributed by atoms with van der Waals surface area (Å²) in [5.74, 6) is -1.73. The fraction of sp³-hybridized carbons (Fsp3) is 0.457. The minimum atomic E-state index is -0.542. The smallest absolute Gasteiger partial charge is 0.328 e. The fourth-order valence-electron chi connectivity index (χ4n) is 15.8. The number of carbonyl (C=O) groups is 15. The molecule has 16 N–H and O–H groups in total. The molecule has 3 atom stereocenters. The molecular weight excluding hydrogens is 1840 g/mol. The van der Waals surface area contributed by atoms with Gasteiger partial charge in [0.2, 0.25) is 41.4 Å². The Morgan fingerprint density at radius 2 is 0.646 bits per heavy atom. The van der Waals surface area contributed by atoms with Gasteiger partial charge in [0, 0.05) is 136 Å². The number of rotatable bonds is 30. The molecule has 0 bridgehead atoms. The maximum absolute atomic E-state index is 12.6. The van der Waals surface area contributed by atoms with E-state index in [0.29, 0.717) is 129 Å². The highest BCUT2D eigenvalue weighted by Gasteiger charge is 2.36. The maximum atomic E-state index is 12.6. The second-order valence-electron chi connectivity index (χ2n) is 35.7. The van der Waals surface area contributed by atoms with Gasteiger partial charge < -0.3 is 124 Å². The van der Waals surface area contributed by atoms with Gasteiger partial charge in [0.15, 0.2) is 0 Å². The Bertz CT molecular complexity index is 5130. The Morgan fingerprint density at radius 3 is 1.02 bits per heavy atom. The average molecular weight is 1990 g/mol. The highest BCUT2D eigenvalue weighted by atomic mass is 16.5. The highest BCUT2D eigenvalue weighted by Crippen LogP contribution is 2.24. The maximum Gasteiger partial charge on any atom is 0.328 e. The van der Waals surface area contributed by atoms with Crippen LogP contribution in [0.5, 0.6) is 0 Å². The van der Waals surface area contributed by atoms with Crippen LogP contribution in [0, 0.1) is 39.5 Å². The number of methoxy groups -OCH3 is 1. The number of aryl methyl sites for hydroxylation is 4. The molecule has 39 heteroatoms. The molecular formula is C105H145N21O18. The first-order valence-electron chi connectivity index (χ1n) is 49.2. The summed E-state index contributed by atoms with van der Waals surface area (Å²) in [6.45, 7) is 20.9. The van der Waals surface area contributed by atoms with E-state index in [2.05, 4.69) is 63.8 Å². The number of nitrogens with one attached hydrogen (secondary N) is 12. The van der Waals surface area contributed by atoms with Crippen molar-refractivity contribution >= 4 is 101 Å². The average Bonchev–Trinajstić information content (AvgIpc) is 1.76. The lowest BCUT2D eigenvalue weighted by atomic mass is 9.96. The standard InChI is InChI=1S/C21H30N4O3.C19H27N3O4.C19H23N3O2.C17H23N3O4.C15H22N4O2.C14H20N4O3/c1-16-6-8-17(9-7-16)13-22-21(28)23-14-19(26)25-12-4-5-18(15-25)20(27)24-10-2-3-11-24;1-3-26-18(24)16-5-4-10-22(13-16)17(23)12-21-19(25)20-11-15-8-6-14(2)7-9-15;1-15-8-10-16(11-9-15)12-20-19(24)21-13-18(23)22(2)14-17-6-4-3-5-7-17;1-12-5-7-13(8-6-12)10-18-17(23)19-11-15(21)20-9-3-4-14(20)16(22)24-2;16-13-6-4-12(5-7-13)10-17-15(21)18-11-14(20)19-8-2-1-3-9-19;15-12-3-1-11(2-4-12)9-16-14(20)17-10-13(19)18-5-7-21-8-6-18/h6-9,18H,2-5,10-15H2,1H3,(H2,22,23,28);6-9,16H,3-5,10-13H2,1-2H3,(H2,20,21,25);3-11H,12-14H2,1-2H3,(H2,20,21,24);5-8,14H,3-4,9-11H2,1-2H3,(H2,18,19,23);4-7H,1-3,8-11,16H2,(H2,17,18,21);1-4H,5-10,15H2,(H2,16,17,20)/t;;;14-;;/m...0../s1. The number of ether oxygens (including phenoxy) is 3. The first-order valence-corrected chi connectivity index (χ1v) is 49.2. The van der Waals surface area contributed by atoms with Gasteiger partial charge in [0.25, 0.3) is 0 Å². The van der Waals surface area contributed by atoms with Gasteiger partial charge in [-0.15, -0.1) is 0 Å². The summed E-state index contributed by atoms with van der Waals surface area (Å²) in [5, 5.41) is 31.8. The molecule has 0 radical (unpaired) electrons. The summed E-state index contributed by atoms with van der Waals surface area (Å²) < 4.78 is 14.9. The van der Waals surface area contributed by atoms with E-state index in [1.54, 1.807) is 57.8 Å². The molecule has 6 aliphatic heterocycles. The molecule has 0 saturated carbocycles.